The van der Waals surface area contributed by atoms with Gasteiger partial charge in [0.25, 0.3) is 0 Å². The number of sulfonamides is 1. The van der Waals surface area contributed by atoms with Crippen LogP contribution >= 0.6 is 0 Å². The van der Waals surface area contributed by atoms with Gasteiger partial charge in [-0.25, -0.2) is 12.7 Å². The first-order valence-electron chi connectivity index (χ1n) is 9.44. The van der Waals surface area contributed by atoms with Gasteiger partial charge in [-0.1, -0.05) is 6.92 Å². The Morgan fingerprint density at radius 3 is 2.52 bits per heavy atom. The van der Waals surface area contributed by atoms with E-state index in [1.807, 2.05) is 0 Å². The highest BCUT2D eigenvalue weighted by Gasteiger charge is 2.32. The summed E-state index contributed by atoms with van der Waals surface area (Å²) in [6.07, 6.45) is 2.17. The Morgan fingerprint density at radius 2 is 2.00 bits per heavy atom. The molecule has 146 valence electrons. The molecule has 2 heterocycles. The molecule has 0 amide bonds. The van der Waals surface area contributed by atoms with Crippen molar-refractivity contribution >= 4 is 16.0 Å². The Hall–Kier alpha value is -0.860. The zero-order chi connectivity index (χ0) is 18.6. The van der Waals surface area contributed by atoms with E-state index in [0.717, 1.165) is 32.0 Å². The Labute approximate surface area is 153 Å². The van der Waals surface area contributed by atoms with Crippen LogP contribution in [0.5, 0.6) is 0 Å². The van der Waals surface area contributed by atoms with Gasteiger partial charge >= 0.3 is 0 Å². The number of nitrogens with one attached hydrogen (secondary N) is 2. The van der Waals surface area contributed by atoms with Crippen molar-refractivity contribution in [1.82, 2.24) is 19.8 Å². The highest BCUT2D eigenvalue weighted by molar-refractivity contribution is 7.88. The lowest BCUT2D eigenvalue weighted by molar-refractivity contribution is 0.265. The van der Waals surface area contributed by atoms with Crippen molar-refractivity contribution in [2.45, 2.75) is 46.2 Å². The van der Waals surface area contributed by atoms with Crippen LogP contribution in [0.25, 0.3) is 0 Å². The second kappa shape index (κ2) is 8.68. The average Bonchev–Trinajstić information content (AvgIpc) is 3.12. The molecule has 2 saturated heterocycles. The van der Waals surface area contributed by atoms with Gasteiger partial charge in [-0.3, -0.25) is 9.89 Å². The monoisotopic (exact) mass is 373 g/mol. The molecule has 0 radical (unpaired) electrons. The predicted octanol–water partition coefficient (Wildman–Crippen LogP) is 0.552. The SMILES string of the molecule is CCNC(=NCC1CCN(S(C)(=O)=O)C1)NC1CN(C(C)C)CC1C. The van der Waals surface area contributed by atoms with E-state index in [0.29, 0.717) is 43.6 Å². The first kappa shape index (κ1) is 20.5. The van der Waals surface area contributed by atoms with E-state index in [1.165, 1.54) is 6.26 Å². The molecule has 2 rings (SSSR count). The predicted molar refractivity (Wildman–Crippen MR) is 103 cm³/mol. The third kappa shape index (κ3) is 5.82. The van der Waals surface area contributed by atoms with E-state index in [1.54, 1.807) is 4.31 Å². The van der Waals surface area contributed by atoms with Crippen molar-refractivity contribution in [1.29, 1.82) is 0 Å². The molecule has 3 atom stereocenters. The number of guanidine groups is 1. The van der Waals surface area contributed by atoms with Crippen molar-refractivity contribution in [3.63, 3.8) is 0 Å². The number of rotatable bonds is 6. The molecule has 0 aromatic carbocycles. The summed E-state index contributed by atoms with van der Waals surface area (Å²) in [5, 5.41) is 6.91. The largest absolute Gasteiger partial charge is 0.357 e. The van der Waals surface area contributed by atoms with Crippen LogP contribution in [0.4, 0.5) is 0 Å². The van der Waals surface area contributed by atoms with E-state index >= 15 is 0 Å². The van der Waals surface area contributed by atoms with Gasteiger partial charge in [-0.05, 0) is 39.0 Å². The minimum atomic E-state index is -3.08. The maximum Gasteiger partial charge on any atom is 0.211 e. The fourth-order valence-electron chi connectivity index (χ4n) is 3.58. The minimum Gasteiger partial charge on any atom is -0.357 e. The molecule has 25 heavy (non-hydrogen) atoms. The van der Waals surface area contributed by atoms with Crippen LogP contribution < -0.4 is 10.6 Å². The summed E-state index contributed by atoms with van der Waals surface area (Å²) in [5.74, 6) is 1.74. The van der Waals surface area contributed by atoms with E-state index in [2.05, 4.69) is 43.2 Å². The molecule has 0 saturated carbocycles. The fraction of sp³-hybridized carbons (Fsp3) is 0.941. The standard InChI is InChI=1S/C17H35N5O2S/c1-6-18-17(20-16-12-21(13(2)3)10-14(16)4)19-9-15-7-8-22(11-15)25(5,23)24/h13-16H,6-12H2,1-5H3,(H2,18,19,20). The third-order valence-electron chi connectivity index (χ3n) is 5.26. The number of aliphatic imine (C=N–C) groups is 1. The van der Waals surface area contributed by atoms with Crippen LogP contribution in [0.1, 0.15) is 34.1 Å². The third-order valence-corrected chi connectivity index (χ3v) is 6.53. The lowest BCUT2D eigenvalue weighted by atomic mass is 10.1. The molecule has 8 heteroatoms. The number of nitrogens with zero attached hydrogens (tertiary/aromatic N) is 3. The molecule has 3 unspecified atom stereocenters. The molecule has 2 N–H and O–H groups in total. The van der Waals surface area contributed by atoms with Gasteiger partial charge < -0.3 is 10.6 Å². The zero-order valence-corrected chi connectivity index (χ0v) is 17.1. The van der Waals surface area contributed by atoms with Gasteiger partial charge in [-0.2, -0.15) is 0 Å². The summed E-state index contributed by atoms with van der Waals surface area (Å²) in [5.41, 5.74) is 0. The summed E-state index contributed by atoms with van der Waals surface area (Å²) < 4.78 is 24.8. The van der Waals surface area contributed by atoms with E-state index in [-0.39, 0.29) is 0 Å². The van der Waals surface area contributed by atoms with Crippen molar-refractivity contribution in [2.24, 2.45) is 16.8 Å². The van der Waals surface area contributed by atoms with Gasteiger partial charge in [0.1, 0.15) is 0 Å². The molecular weight excluding hydrogens is 338 g/mol. The quantitative estimate of drug-likeness (QED) is 0.525. The molecule has 2 aliphatic heterocycles. The number of hydrogen-bond donors (Lipinski definition) is 2. The van der Waals surface area contributed by atoms with Crippen molar-refractivity contribution in [2.75, 3.05) is 45.5 Å². The second-order valence-electron chi connectivity index (χ2n) is 7.77. The molecule has 0 aliphatic carbocycles. The summed E-state index contributed by atoms with van der Waals surface area (Å²) >= 11 is 0. The molecule has 0 bridgehead atoms. The van der Waals surface area contributed by atoms with Crippen molar-refractivity contribution in [3.05, 3.63) is 0 Å². The van der Waals surface area contributed by atoms with Gasteiger partial charge in [0.15, 0.2) is 5.96 Å². The topological polar surface area (TPSA) is 77.0 Å². The smallest absolute Gasteiger partial charge is 0.211 e. The van der Waals surface area contributed by atoms with Crippen molar-refractivity contribution < 1.29 is 8.42 Å². The molecule has 0 aromatic heterocycles. The molecular formula is C17H35N5O2S. The van der Waals surface area contributed by atoms with Crippen LogP contribution in [-0.4, -0.2) is 81.2 Å². The minimum absolute atomic E-state index is 0.304. The lowest BCUT2D eigenvalue weighted by Gasteiger charge is -2.22. The van der Waals surface area contributed by atoms with Crippen LogP contribution in [-0.2, 0) is 10.0 Å². The second-order valence-corrected chi connectivity index (χ2v) is 9.75. The summed E-state index contributed by atoms with van der Waals surface area (Å²) in [6.45, 7) is 13.7. The van der Waals surface area contributed by atoms with Crippen LogP contribution in [0.15, 0.2) is 4.99 Å². The first-order valence-corrected chi connectivity index (χ1v) is 11.3. The van der Waals surface area contributed by atoms with Gasteiger partial charge in [0.2, 0.25) is 10.0 Å². The molecule has 2 fully saturated rings. The van der Waals surface area contributed by atoms with Gasteiger partial charge in [0.05, 0.1) is 6.26 Å². The lowest BCUT2D eigenvalue weighted by Crippen LogP contribution is -2.47. The summed E-state index contributed by atoms with van der Waals surface area (Å²) in [4.78, 5) is 7.23. The number of hydrogen-bond acceptors (Lipinski definition) is 4. The highest BCUT2D eigenvalue weighted by atomic mass is 32.2. The Kier molecular flexibility index (Phi) is 7.10. The van der Waals surface area contributed by atoms with E-state index in [4.69, 9.17) is 4.99 Å². The Balaban J connectivity index is 1.91. The Bertz CT molecular complexity index is 563. The Morgan fingerprint density at radius 1 is 1.28 bits per heavy atom. The maximum absolute atomic E-state index is 11.6. The molecule has 0 spiro atoms. The zero-order valence-electron chi connectivity index (χ0n) is 16.3. The molecule has 7 nitrogen and oxygen atoms in total. The highest BCUT2D eigenvalue weighted by Crippen LogP contribution is 2.20. The van der Waals surface area contributed by atoms with E-state index < -0.39 is 10.0 Å². The van der Waals surface area contributed by atoms with Crippen LogP contribution in [0.2, 0.25) is 0 Å². The average molecular weight is 374 g/mol. The fourth-order valence-corrected chi connectivity index (χ4v) is 4.50. The van der Waals surface area contributed by atoms with Crippen LogP contribution in [0, 0.1) is 11.8 Å². The molecule has 0 aromatic rings. The number of likely N-dealkylation sites (tertiary alicyclic amines) is 1. The normalized spacial score (nSPS) is 29.5. The van der Waals surface area contributed by atoms with Crippen LogP contribution in [0.3, 0.4) is 0 Å². The first-order chi connectivity index (χ1) is 11.7. The summed E-state index contributed by atoms with van der Waals surface area (Å²) in [6, 6.07) is 0.963. The van der Waals surface area contributed by atoms with E-state index in [9.17, 15) is 8.42 Å². The van der Waals surface area contributed by atoms with Crippen molar-refractivity contribution in [3.8, 4) is 0 Å². The maximum atomic E-state index is 11.6. The summed E-state index contributed by atoms with van der Waals surface area (Å²) in [7, 11) is -3.08. The van der Waals surface area contributed by atoms with Gasteiger partial charge in [0, 0.05) is 51.4 Å². The molecule has 2 aliphatic rings. The van der Waals surface area contributed by atoms with Gasteiger partial charge in [-0.15, -0.1) is 0 Å².